The van der Waals surface area contributed by atoms with Crippen molar-refractivity contribution in [3.8, 4) is 17.2 Å². The van der Waals surface area contributed by atoms with E-state index in [1.165, 1.54) is 20.1 Å². The quantitative estimate of drug-likeness (QED) is 0.400. The van der Waals surface area contributed by atoms with Crippen LogP contribution < -0.4 is 14.2 Å². The van der Waals surface area contributed by atoms with Crippen molar-refractivity contribution in [2.45, 2.75) is 19.6 Å². The summed E-state index contributed by atoms with van der Waals surface area (Å²) in [6, 6.07) is 13.1. The molecule has 10 nitrogen and oxygen atoms in total. The molecule has 0 saturated carbocycles. The maximum Gasteiger partial charge on any atom is 0.344 e. The summed E-state index contributed by atoms with van der Waals surface area (Å²) in [7, 11) is -1.92. The number of carboxylic acid groups (broad SMARTS) is 1. The molecule has 0 heterocycles. The fourth-order valence-electron chi connectivity index (χ4n) is 2.97. The van der Waals surface area contributed by atoms with Crippen LogP contribution in [-0.2, 0) is 21.4 Å². The lowest BCUT2D eigenvalue weighted by atomic mass is 10.1. The Kier molecular flexibility index (Phi) is 7.14. The normalized spacial score (nSPS) is 12.7. The van der Waals surface area contributed by atoms with Gasteiger partial charge in [0.15, 0.2) is 11.9 Å². The predicted octanol–water partition coefficient (Wildman–Crippen LogP) is 3.87. The first-order valence-electron chi connectivity index (χ1n) is 9.76. The van der Waals surface area contributed by atoms with Crippen LogP contribution in [0.2, 0.25) is 0 Å². The van der Waals surface area contributed by atoms with Gasteiger partial charge in [0.2, 0.25) is 10.0 Å². The number of ether oxygens (including phenoxy) is 2. The summed E-state index contributed by atoms with van der Waals surface area (Å²) >= 11 is 0. The van der Waals surface area contributed by atoms with Crippen LogP contribution in [0.3, 0.4) is 0 Å². The third-order valence-electron chi connectivity index (χ3n) is 4.66. The fraction of sp³-hybridized carbons (Fsp3) is 0.227. The largest absolute Gasteiger partial charge is 0.505 e. The van der Waals surface area contributed by atoms with Gasteiger partial charge >= 0.3 is 5.97 Å². The predicted molar refractivity (Wildman–Crippen MR) is 122 cm³/mol. The number of fused-ring (bicyclic) bond motifs is 1. The number of azo groups is 1. The van der Waals surface area contributed by atoms with Gasteiger partial charge < -0.3 is 19.7 Å². The van der Waals surface area contributed by atoms with E-state index < -0.39 is 22.1 Å². The molecule has 0 saturated heterocycles. The fourth-order valence-corrected chi connectivity index (χ4v) is 3.40. The highest BCUT2D eigenvalue weighted by Crippen LogP contribution is 2.42. The Morgan fingerprint density at radius 3 is 2.36 bits per heavy atom. The number of aromatic hydroxyl groups is 1. The molecule has 0 bridgehead atoms. The number of methoxy groups -OCH3 is 1. The Labute approximate surface area is 190 Å². The zero-order valence-electron chi connectivity index (χ0n) is 18.1. The van der Waals surface area contributed by atoms with E-state index >= 15 is 0 Å². The van der Waals surface area contributed by atoms with Gasteiger partial charge in [-0.15, -0.1) is 10.2 Å². The van der Waals surface area contributed by atoms with Crippen LogP contribution in [0.5, 0.6) is 17.2 Å². The molecule has 0 aliphatic carbocycles. The molecule has 3 aromatic rings. The van der Waals surface area contributed by atoms with Crippen LogP contribution in [0, 0.1) is 0 Å². The van der Waals surface area contributed by atoms with E-state index in [0.717, 1.165) is 6.26 Å². The van der Waals surface area contributed by atoms with Crippen LogP contribution in [0.4, 0.5) is 11.4 Å². The molecule has 0 aromatic heterocycles. The van der Waals surface area contributed by atoms with Crippen molar-refractivity contribution < 1.29 is 32.9 Å². The first-order valence-corrected chi connectivity index (χ1v) is 11.7. The van der Waals surface area contributed by atoms with Gasteiger partial charge in [-0.1, -0.05) is 30.3 Å². The molecule has 33 heavy (non-hydrogen) atoms. The summed E-state index contributed by atoms with van der Waals surface area (Å²) in [6.45, 7) is 1.45. The van der Waals surface area contributed by atoms with E-state index in [9.17, 15) is 23.4 Å². The van der Waals surface area contributed by atoms with Crippen LogP contribution in [0.15, 0.2) is 58.8 Å². The maximum atomic E-state index is 11.4. The number of rotatable bonds is 9. The second-order valence-electron chi connectivity index (χ2n) is 7.19. The molecule has 1 unspecified atom stereocenters. The summed E-state index contributed by atoms with van der Waals surface area (Å²) < 4.78 is 36.0. The van der Waals surface area contributed by atoms with E-state index in [2.05, 4.69) is 15.0 Å². The molecule has 0 aliphatic rings. The first kappa shape index (κ1) is 24.0. The van der Waals surface area contributed by atoms with Crippen molar-refractivity contribution in [3.05, 3.63) is 54.1 Å². The number of aliphatic carboxylic acids is 1. The molecule has 0 amide bonds. The van der Waals surface area contributed by atoms with Crippen molar-refractivity contribution in [3.63, 3.8) is 0 Å². The summed E-state index contributed by atoms with van der Waals surface area (Å²) in [5, 5.41) is 29.1. The highest BCUT2D eigenvalue weighted by molar-refractivity contribution is 7.88. The number of benzene rings is 3. The molecule has 3 N–H and O–H groups in total. The maximum absolute atomic E-state index is 11.4. The number of carbonyl (C=O) groups is 1. The number of hydrogen-bond acceptors (Lipinski definition) is 8. The monoisotopic (exact) mass is 473 g/mol. The molecule has 0 spiro atoms. The standard InChI is InChI=1S/C22H23N3O7S/c1-13(22(27)28)32-20-11-18(21(26)16-7-5-4-6-15(16)20)25-24-17-10-14(8-9-19(17)31-2)12-23-33(3,29)30/h4-11,13,23,26H,12H2,1-3H3,(H,27,28). The number of hydrogen-bond donors (Lipinski definition) is 3. The Morgan fingerprint density at radius 1 is 1.06 bits per heavy atom. The Bertz CT molecular complexity index is 1320. The highest BCUT2D eigenvalue weighted by atomic mass is 32.2. The van der Waals surface area contributed by atoms with E-state index in [0.29, 0.717) is 27.8 Å². The molecule has 0 radical (unpaired) electrons. The van der Waals surface area contributed by atoms with Crippen LogP contribution in [-0.4, -0.2) is 44.1 Å². The molecule has 3 rings (SSSR count). The lowest BCUT2D eigenvalue weighted by Gasteiger charge is -2.14. The minimum atomic E-state index is -3.38. The number of sulfonamides is 1. The summed E-state index contributed by atoms with van der Waals surface area (Å²) in [6.07, 6.45) is -0.0632. The van der Waals surface area contributed by atoms with Gasteiger partial charge in [0.1, 0.15) is 22.9 Å². The third kappa shape index (κ3) is 5.96. The molecule has 3 aromatic carbocycles. The van der Waals surface area contributed by atoms with Gasteiger partial charge in [0.05, 0.1) is 13.4 Å². The van der Waals surface area contributed by atoms with Crippen molar-refractivity contribution >= 4 is 38.1 Å². The lowest BCUT2D eigenvalue weighted by Crippen LogP contribution is -2.22. The van der Waals surface area contributed by atoms with E-state index in [4.69, 9.17) is 9.47 Å². The second-order valence-corrected chi connectivity index (χ2v) is 9.02. The zero-order chi connectivity index (χ0) is 24.2. The van der Waals surface area contributed by atoms with E-state index in [1.807, 2.05) is 0 Å². The topological polar surface area (TPSA) is 147 Å². The van der Waals surface area contributed by atoms with Crippen LogP contribution >= 0.6 is 0 Å². The van der Waals surface area contributed by atoms with E-state index in [-0.39, 0.29) is 23.7 Å². The van der Waals surface area contributed by atoms with Gasteiger partial charge in [-0.25, -0.2) is 17.9 Å². The molecule has 0 fully saturated rings. The molecular weight excluding hydrogens is 450 g/mol. The van der Waals surface area contributed by atoms with Gasteiger partial charge in [-0.3, -0.25) is 0 Å². The minimum absolute atomic E-state index is 0.0532. The van der Waals surface area contributed by atoms with Crippen molar-refractivity contribution in [2.24, 2.45) is 10.2 Å². The highest BCUT2D eigenvalue weighted by Gasteiger charge is 2.18. The SMILES string of the molecule is COc1ccc(CNS(C)(=O)=O)cc1N=Nc1cc(OC(C)C(=O)O)c2ccccc2c1O. The minimum Gasteiger partial charge on any atom is -0.505 e. The number of phenolic OH excluding ortho intramolecular Hbond substituents is 1. The average molecular weight is 474 g/mol. The van der Waals surface area contributed by atoms with Gasteiger partial charge in [0, 0.05) is 23.4 Å². The summed E-state index contributed by atoms with van der Waals surface area (Å²) in [5.41, 5.74) is 0.986. The smallest absolute Gasteiger partial charge is 0.344 e. The van der Waals surface area contributed by atoms with Crippen LogP contribution in [0.25, 0.3) is 10.8 Å². The number of nitrogens with one attached hydrogen (secondary N) is 1. The molecule has 174 valence electrons. The average Bonchev–Trinajstić information content (AvgIpc) is 2.78. The Balaban J connectivity index is 2.02. The van der Waals surface area contributed by atoms with Gasteiger partial charge in [-0.05, 0) is 24.6 Å². The number of carboxylic acids is 1. The summed E-state index contributed by atoms with van der Waals surface area (Å²) in [4.78, 5) is 11.2. The van der Waals surface area contributed by atoms with Gasteiger partial charge in [0.25, 0.3) is 0 Å². The second kappa shape index (κ2) is 9.84. The molecule has 11 heteroatoms. The van der Waals surface area contributed by atoms with Crippen molar-refractivity contribution in [1.82, 2.24) is 4.72 Å². The first-order chi connectivity index (χ1) is 15.6. The molecule has 1 atom stereocenters. The summed E-state index contributed by atoms with van der Waals surface area (Å²) in [5.74, 6) is -0.679. The third-order valence-corrected chi connectivity index (χ3v) is 5.33. The molecular formula is C22H23N3O7S. The Morgan fingerprint density at radius 2 is 1.73 bits per heavy atom. The van der Waals surface area contributed by atoms with Gasteiger partial charge in [-0.2, -0.15) is 0 Å². The van der Waals surface area contributed by atoms with E-state index in [1.54, 1.807) is 42.5 Å². The van der Waals surface area contributed by atoms with Crippen molar-refractivity contribution in [1.29, 1.82) is 0 Å². The Hall–Kier alpha value is -3.70. The lowest BCUT2D eigenvalue weighted by molar-refractivity contribution is -0.144. The number of nitrogens with zero attached hydrogens (tertiary/aromatic N) is 2. The number of phenols is 1. The van der Waals surface area contributed by atoms with Crippen molar-refractivity contribution in [2.75, 3.05) is 13.4 Å². The molecule has 0 aliphatic heterocycles. The zero-order valence-corrected chi connectivity index (χ0v) is 19.0. The van der Waals surface area contributed by atoms with Crippen LogP contribution in [0.1, 0.15) is 12.5 Å².